The van der Waals surface area contributed by atoms with E-state index in [9.17, 15) is 8.42 Å². The molecule has 1 aromatic carbocycles. The molecule has 0 saturated carbocycles. The third kappa shape index (κ3) is 6.53. The monoisotopic (exact) mass is 468 g/mol. The fourth-order valence-corrected chi connectivity index (χ4v) is 7.52. The normalized spacial score (nSPS) is 14.6. The van der Waals surface area contributed by atoms with Crippen molar-refractivity contribution in [2.45, 2.75) is 78.2 Å². The van der Waals surface area contributed by atoms with Gasteiger partial charge in [0.25, 0.3) is 0 Å². The maximum Gasteiger partial charge on any atom is 0.215 e. The second-order valence-corrected chi connectivity index (χ2v) is 19.9. The Morgan fingerprint density at radius 3 is 2.33 bits per heavy atom. The molecule has 2 rings (SSSR count). The lowest BCUT2D eigenvalue weighted by molar-refractivity contribution is 0.0789. The molecule has 0 aliphatic heterocycles. The van der Waals surface area contributed by atoms with Crippen molar-refractivity contribution in [1.29, 1.82) is 0 Å². The van der Waals surface area contributed by atoms with Gasteiger partial charge in [-0.1, -0.05) is 46.5 Å². The summed E-state index contributed by atoms with van der Waals surface area (Å²) in [4.78, 5) is 3.68. The van der Waals surface area contributed by atoms with Crippen LogP contribution in [0.1, 0.15) is 38.3 Å². The van der Waals surface area contributed by atoms with Crippen LogP contribution in [0.25, 0.3) is 10.9 Å². The number of sulfonamides is 1. The van der Waals surface area contributed by atoms with E-state index >= 15 is 0 Å². The van der Waals surface area contributed by atoms with Crippen molar-refractivity contribution in [2.24, 2.45) is 5.41 Å². The van der Waals surface area contributed by atoms with Crippen LogP contribution in [0, 0.1) is 5.41 Å². The summed E-state index contributed by atoms with van der Waals surface area (Å²) >= 11 is 0. The zero-order chi connectivity index (χ0) is 22.9. The molecule has 0 fully saturated rings. The number of rotatable bonds is 9. The van der Waals surface area contributed by atoms with Gasteiger partial charge in [0, 0.05) is 22.3 Å². The van der Waals surface area contributed by atoms with Gasteiger partial charge in [0.15, 0.2) is 9.04 Å². The number of aromatic nitrogens is 1. The van der Waals surface area contributed by atoms with E-state index in [0.717, 1.165) is 29.3 Å². The largest absolute Gasteiger partial charge is 0.417 e. The Hall–Kier alpha value is -0.936. The van der Waals surface area contributed by atoms with E-state index in [1.54, 1.807) is 0 Å². The predicted octanol–water partition coefficient (Wildman–Crippen LogP) is 4.11. The van der Waals surface area contributed by atoms with Gasteiger partial charge in [-0.2, -0.15) is 0 Å². The molecule has 0 bridgehead atoms. The highest BCUT2D eigenvalue weighted by Crippen LogP contribution is 2.29. The van der Waals surface area contributed by atoms with E-state index in [1.807, 2.05) is 12.1 Å². The quantitative estimate of drug-likeness (QED) is 0.544. The lowest BCUT2D eigenvalue weighted by Crippen LogP contribution is -2.41. The first-order chi connectivity index (χ1) is 13.6. The van der Waals surface area contributed by atoms with Crippen LogP contribution in [0.2, 0.25) is 32.7 Å². The summed E-state index contributed by atoms with van der Waals surface area (Å²) in [5.74, 6) is -0.000976. The van der Waals surface area contributed by atoms with Crippen molar-refractivity contribution in [2.75, 3.05) is 7.05 Å². The summed E-state index contributed by atoms with van der Waals surface area (Å²) in [6.07, 6.45) is 2.12. The molecule has 0 spiro atoms. The van der Waals surface area contributed by atoms with Crippen LogP contribution >= 0.6 is 0 Å². The molecule has 0 amide bonds. The van der Waals surface area contributed by atoms with Gasteiger partial charge in [-0.15, -0.1) is 0 Å². The van der Waals surface area contributed by atoms with Gasteiger partial charge in [-0.25, -0.2) is 13.1 Å². The molecule has 1 unspecified atom stereocenters. The summed E-state index contributed by atoms with van der Waals surface area (Å²) in [6, 6.07) is 6.00. The van der Waals surface area contributed by atoms with Gasteiger partial charge in [-0.05, 0) is 61.7 Å². The minimum atomic E-state index is -3.30. The number of hydrogen-bond acceptors (Lipinski definition) is 3. The molecule has 8 heteroatoms. The number of fused-ring (bicyclic) bond motifs is 1. The van der Waals surface area contributed by atoms with E-state index in [0.29, 0.717) is 0 Å². The van der Waals surface area contributed by atoms with Gasteiger partial charge in [0.05, 0.1) is 13.8 Å². The topological polar surface area (TPSA) is 71.2 Å². The fraction of sp³-hybridized carbons (Fsp3) is 0.636. The second-order valence-electron chi connectivity index (χ2n) is 10.6. The molecule has 0 saturated heterocycles. The zero-order valence-corrected chi connectivity index (χ0v) is 23.1. The fourth-order valence-electron chi connectivity index (χ4n) is 3.89. The summed E-state index contributed by atoms with van der Waals surface area (Å²) in [6.45, 7) is 18.3. The Morgan fingerprint density at radius 1 is 1.20 bits per heavy atom. The minimum absolute atomic E-state index is 0.000976. The average Bonchev–Trinajstić information content (AvgIpc) is 2.95. The Morgan fingerprint density at radius 2 is 1.83 bits per heavy atom. The van der Waals surface area contributed by atoms with Crippen LogP contribution in [-0.4, -0.2) is 43.7 Å². The first-order valence-electron chi connectivity index (χ1n) is 10.8. The maximum absolute atomic E-state index is 12.1. The third-order valence-electron chi connectivity index (χ3n) is 5.45. The maximum atomic E-state index is 12.1. The van der Waals surface area contributed by atoms with Crippen LogP contribution in [0.3, 0.4) is 0 Å². The van der Waals surface area contributed by atoms with E-state index in [2.05, 4.69) is 69.3 Å². The van der Waals surface area contributed by atoms with Crippen LogP contribution in [0.4, 0.5) is 0 Å². The van der Waals surface area contributed by atoms with Crippen LogP contribution in [-0.2, 0) is 26.6 Å². The average molecular weight is 469 g/mol. The Bertz CT molecular complexity index is 971. The lowest BCUT2D eigenvalue weighted by atomic mass is 9.85. The van der Waals surface area contributed by atoms with Crippen molar-refractivity contribution in [1.82, 2.24) is 9.71 Å². The third-order valence-corrected chi connectivity index (χ3v) is 9.58. The molecule has 30 heavy (non-hydrogen) atoms. The first-order valence-corrected chi connectivity index (χ1v) is 18.8. The number of aryl methyl sites for hydroxylation is 1. The number of H-pyrrole nitrogens is 1. The number of benzene rings is 1. The molecular weight excluding hydrogens is 428 g/mol. The Kier molecular flexibility index (Phi) is 7.83. The van der Waals surface area contributed by atoms with Crippen molar-refractivity contribution < 1.29 is 12.8 Å². The van der Waals surface area contributed by atoms with E-state index < -0.39 is 27.1 Å². The predicted molar refractivity (Wildman–Crippen MR) is 134 cm³/mol. The highest BCUT2D eigenvalue weighted by molar-refractivity contribution is 7.88. The van der Waals surface area contributed by atoms with E-state index in [4.69, 9.17) is 4.43 Å². The molecule has 5 nitrogen and oxygen atoms in total. The van der Waals surface area contributed by atoms with Crippen LogP contribution in [0.5, 0.6) is 0 Å². The molecule has 1 heterocycles. The van der Waals surface area contributed by atoms with Gasteiger partial charge < -0.3 is 9.41 Å². The Labute approximate surface area is 185 Å². The van der Waals surface area contributed by atoms with Crippen molar-refractivity contribution in [3.8, 4) is 0 Å². The molecule has 1 atom stereocenters. The summed E-state index contributed by atoms with van der Waals surface area (Å²) in [5.41, 5.74) is 3.35. The van der Waals surface area contributed by atoms with Crippen LogP contribution in [0.15, 0.2) is 18.2 Å². The minimum Gasteiger partial charge on any atom is -0.417 e. The van der Waals surface area contributed by atoms with Crippen LogP contribution < -0.4 is 10.0 Å². The molecule has 2 aromatic rings. The molecule has 0 radical (unpaired) electrons. The molecular formula is C22H40N2O3SSi2. The highest BCUT2D eigenvalue weighted by atomic mass is 32.2. The first kappa shape index (κ1) is 25.3. The van der Waals surface area contributed by atoms with Crippen molar-refractivity contribution >= 4 is 43.4 Å². The zero-order valence-electron chi connectivity index (χ0n) is 20.1. The van der Waals surface area contributed by atoms with Gasteiger partial charge in [-0.3, -0.25) is 0 Å². The van der Waals surface area contributed by atoms with Gasteiger partial charge >= 0.3 is 0 Å². The molecule has 0 aliphatic carbocycles. The summed E-state index contributed by atoms with van der Waals surface area (Å²) < 4.78 is 32.9. The van der Waals surface area contributed by atoms with E-state index in [-0.39, 0.29) is 17.3 Å². The molecule has 0 aliphatic rings. The van der Waals surface area contributed by atoms with E-state index in [1.165, 1.54) is 17.9 Å². The lowest BCUT2D eigenvalue weighted by Gasteiger charge is -2.33. The number of aromatic amines is 1. The van der Waals surface area contributed by atoms with Crippen molar-refractivity contribution in [3.05, 3.63) is 29.3 Å². The summed E-state index contributed by atoms with van der Waals surface area (Å²) in [7, 11) is -4.58. The number of hydrogen-bond donors (Lipinski definition) is 2. The number of nitrogens with one attached hydrogen (secondary N) is 2. The smallest absolute Gasteiger partial charge is 0.215 e. The van der Waals surface area contributed by atoms with Gasteiger partial charge in [0.1, 0.15) is 0 Å². The van der Waals surface area contributed by atoms with Crippen molar-refractivity contribution in [3.63, 3.8) is 0 Å². The summed E-state index contributed by atoms with van der Waals surface area (Å²) in [5, 5.41) is 2.52. The molecule has 2 N–H and O–H groups in total. The molecule has 1 aromatic heterocycles. The highest BCUT2D eigenvalue weighted by Gasteiger charge is 2.29. The second kappa shape index (κ2) is 9.28. The van der Waals surface area contributed by atoms with Gasteiger partial charge in [0.2, 0.25) is 10.0 Å². The Balaban J connectivity index is 2.48. The molecule has 170 valence electrons. The standard InChI is InChI=1S/C22H40N2O3SSi2/c1-22(2,3)20(27-29(5)6)13-11-17-18-14-16(15-28(25,26)23-4)10-12-19(18)24-21(17)30(7,8)9/h10,12,14,20,23-24,29H,11,13,15H2,1-9H3. The SMILES string of the molecule is CNS(=O)(=O)Cc1ccc2[nH]c([Si](C)(C)C)c(CCC(O[SiH](C)C)C(C)(C)C)c2c1.